The van der Waals surface area contributed by atoms with E-state index in [9.17, 15) is 18.0 Å². The Morgan fingerprint density at radius 1 is 1.07 bits per heavy atom. The summed E-state index contributed by atoms with van der Waals surface area (Å²) in [5.41, 5.74) is -0.222. The van der Waals surface area contributed by atoms with Gasteiger partial charge in [0.05, 0.1) is 22.9 Å². The minimum Gasteiger partial charge on any atom is -0.399 e. The van der Waals surface area contributed by atoms with Crippen LogP contribution in [-0.2, 0) is 9.31 Å². The van der Waals surface area contributed by atoms with E-state index in [0.717, 1.165) is 0 Å². The molecule has 0 unspecified atom stereocenters. The summed E-state index contributed by atoms with van der Waals surface area (Å²) in [5, 5.41) is 0. The zero-order valence-corrected chi connectivity index (χ0v) is 16.3. The molecule has 0 spiro atoms. The number of hydrogen-bond acceptors (Lipinski definition) is 4. The van der Waals surface area contributed by atoms with Crippen LogP contribution in [0.15, 0.2) is 36.7 Å². The van der Waals surface area contributed by atoms with Crippen molar-refractivity contribution in [1.82, 2.24) is 9.38 Å². The number of fused-ring (bicyclic) bond motifs is 1. The topological polar surface area (TPSA) is 52.8 Å². The van der Waals surface area contributed by atoms with Crippen LogP contribution in [0.2, 0.25) is 0 Å². The number of benzene rings is 1. The van der Waals surface area contributed by atoms with Gasteiger partial charge in [0.1, 0.15) is 0 Å². The Morgan fingerprint density at radius 2 is 1.66 bits per heavy atom. The molecule has 5 nitrogen and oxygen atoms in total. The van der Waals surface area contributed by atoms with Gasteiger partial charge in [-0.3, -0.25) is 9.20 Å². The molecule has 0 amide bonds. The Labute approximate surface area is 165 Å². The van der Waals surface area contributed by atoms with E-state index < -0.39 is 41.6 Å². The molecule has 1 aliphatic rings. The number of imidazole rings is 1. The highest BCUT2D eigenvalue weighted by Gasteiger charge is 2.52. The molecule has 150 valence electrons. The fraction of sp³-hybridized carbons (Fsp3) is 0.300. The molecule has 1 aromatic carbocycles. The summed E-state index contributed by atoms with van der Waals surface area (Å²) in [6, 6.07) is 4.79. The van der Waals surface area contributed by atoms with Gasteiger partial charge >= 0.3 is 7.12 Å². The largest absolute Gasteiger partial charge is 0.497 e. The molecule has 0 aliphatic carbocycles. The lowest BCUT2D eigenvalue weighted by atomic mass is 9.79. The number of ketones is 1. The Kier molecular flexibility index (Phi) is 4.36. The Morgan fingerprint density at radius 3 is 2.24 bits per heavy atom. The second-order valence-corrected chi connectivity index (χ2v) is 7.97. The quantitative estimate of drug-likeness (QED) is 0.384. The first kappa shape index (κ1) is 19.7. The molecule has 3 aromatic rings. The highest BCUT2D eigenvalue weighted by molar-refractivity contribution is 6.64. The summed E-state index contributed by atoms with van der Waals surface area (Å²) in [7, 11) is -0.677. The van der Waals surface area contributed by atoms with Gasteiger partial charge in [0.25, 0.3) is 0 Å². The second kappa shape index (κ2) is 6.43. The van der Waals surface area contributed by atoms with Crippen molar-refractivity contribution in [3.05, 3.63) is 65.5 Å². The summed E-state index contributed by atoms with van der Waals surface area (Å²) < 4.78 is 53.9. The number of aromatic nitrogens is 2. The van der Waals surface area contributed by atoms with Gasteiger partial charge in [-0.2, -0.15) is 0 Å². The van der Waals surface area contributed by atoms with E-state index in [1.54, 1.807) is 18.3 Å². The molecular weight excluding hydrogens is 384 g/mol. The monoisotopic (exact) mass is 402 g/mol. The average Bonchev–Trinajstić information content (AvgIpc) is 3.16. The van der Waals surface area contributed by atoms with E-state index in [1.165, 1.54) is 10.6 Å². The summed E-state index contributed by atoms with van der Waals surface area (Å²) >= 11 is 0. The smallest absolute Gasteiger partial charge is 0.399 e. The molecule has 4 rings (SSSR count). The van der Waals surface area contributed by atoms with E-state index in [2.05, 4.69) is 4.98 Å². The maximum Gasteiger partial charge on any atom is 0.497 e. The second-order valence-electron chi connectivity index (χ2n) is 7.97. The minimum atomic E-state index is -1.63. The molecule has 29 heavy (non-hydrogen) atoms. The molecular formula is C20H18BF3N2O3. The van der Waals surface area contributed by atoms with Crippen LogP contribution in [-0.4, -0.2) is 33.5 Å². The van der Waals surface area contributed by atoms with Gasteiger partial charge in [-0.15, -0.1) is 0 Å². The van der Waals surface area contributed by atoms with Crippen molar-refractivity contribution < 1.29 is 27.3 Å². The standard InChI is InChI=1S/C20H18BF3N2O3/c1-19(2)20(3,4)29-21(28-19)12-6-5-7-26-15(12)10-25-18(26)17(27)11-8-13(22)16(24)14(23)9-11/h5-10H,1-4H3. The Balaban J connectivity index is 1.77. The fourth-order valence-corrected chi connectivity index (χ4v) is 3.20. The lowest BCUT2D eigenvalue weighted by Crippen LogP contribution is -2.41. The number of pyridine rings is 1. The van der Waals surface area contributed by atoms with Crippen LogP contribution < -0.4 is 5.46 Å². The van der Waals surface area contributed by atoms with Gasteiger partial charge < -0.3 is 9.31 Å². The highest BCUT2D eigenvalue weighted by atomic mass is 19.2. The van der Waals surface area contributed by atoms with Crippen LogP contribution in [0.1, 0.15) is 43.9 Å². The minimum absolute atomic E-state index is 0.0659. The van der Waals surface area contributed by atoms with Gasteiger partial charge in [-0.1, -0.05) is 6.07 Å². The average molecular weight is 402 g/mol. The number of hydrogen-bond donors (Lipinski definition) is 0. The highest BCUT2D eigenvalue weighted by Crippen LogP contribution is 2.36. The van der Waals surface area contributed by atoms with Crippen molar-refractivity contribution in [3.63, 3.8) is 0 Å². The van der Waals surface area contributed by atoms with Crippen LogP contribution in [0.5, 0.6) is 0 Å². The number of halogens is 3. The lowest BCUT2D eigenvalue weighted by molar-refractivity contribution is 0.00578. The molecule has 1 fully saturated rings. The van der Waals surface area contributed by atoms with Gasteiger partial charge in [0, 0.05) is 17.2 Å². The van der Waals surface area contributed by atoms with E-state index in [1.807, 2.05) is 27.7 Å². The van der Waals surface area contributed by atoms with Crippen molar-refractivity contribution in [1.29, 1.82) is 0 Å². The molecule has 9 heteroatoms. The number of nitrogens with zero attached hydrogens (tertiary/aromatic N) is 2. The molecule has 0 bridgehead atoms. The first-order chi connectivity index (χ1) is 13.5. The lowest BCUT2D eigenvalue weighted by Gasteiger charge is -2.32. The SMILES string of the molecule is CC1(C)OB(c2cccn3c(C(=O)c4cc(F)c(F)c(F)c4)ncc23)OC1(C)C. The molecule has 1 aliphatic heterocycles. The zero-order valence-electron chi connectivity index (χ0n) is 16.3. The van der Waals surface area contributed by atoms with E-state index >= 15 is 0 Å². The van der Waals surface area contributed by atoms with E-state index in [0.29, 0.717) is 23.1 Å². The predicted octanol–water partition coefficient (Wildman–Crippen LogP) is 3.28. The van der Waals surface area contributed by atoms with Gasteiger partial charge in [-0.05, 0) is 45.9 Å². The van der Waals surface area contributed by atoms with Crippen molar-refractivity contribution >= 4 is 23.9 Å². The number of carbonyl (C=O) groups excluding carboxylic acids is 1. The molecule has 3 heterocycles. The summed E-state index contributed by atoms with van der Waals surface area (Å²) in [4.78, 5) is 16.9. The first-order valence-electron chi connectivity index (χ1n) is 9.03. The van der Waals surface area contributed by atoms with Crippen molar-refractivity contribution in [3.8, 4) is 0 Å². The van der Waals surface area contributed by atoms with Crippen LogP contribution in [0.25, 0.3) is 5.52 Å². The summed E-state index contributed by atoms with van der Waals surface area (Å²) in [5.74, 6) is -5.31. The van der Waals surface area contributed by atoms with Gasteiger partial charge in [-0.25, -0.2) is 18.2 Å². The summed E-state index contributed by atoms with van der Waals surface area (Å²) in [6.45, 7) is 7.71. The third-order valence-electron chi connectivity index (χ3n) is 5.56. The van der Waals surface area contributed by atoms with E-state index in [-0.39, 0.29) is 11.4 Å². The molecule has 0 atom stereocenters. The zero-order chi connectivity index (χ0) is 21.1. The Hall–Kier alpha value is -2.65. The molecule has 0 saturated carbocycles. The fourth-order valence-electron chi connectivity index (χ4n) is 3.20. The maximum absolute atomic E-state index is 13.5. The number of rotatable bonds is 3. The normalized spacial score (nSPS) is 17.8. The molecule has 0 N–H and O–H groups in total. The molecule has 1 saturated heterocycles. The van der Waals surface area contributed by atoms with Crippen LogP contribution >= 0.6 is 0 Å². The van der Waals surface area contributed by atoms with Crippen molar-refractivity contribution in [2.24, 2.45) is 0 Å². The maximum atomic E-state index is 13.5. The predicted molar refractivity (Wildman–Crippen MR) is 101 cm³/mol. The summed E-state index contributed by atoms with van der Waals surface area (Å²) in [6.07, 6.45) is 3.06. The van der Waals surface area contributed by atoms with Crippen molar-refractivity contribution in [2.45, 2.75) is 38.9 Å². The molecule has 0 radical (unpaired) electrons. The third-order valence-corrected chi connectivity index (χ3v) is 5.56. The van der Waals surface area contributed by atoms with Crippen LogP contribution in [0, 0.1) is 17.5 Å². The van der Waals surface area contributed by atoms with Crippen molar-refractivity contribution in [2.75, 3.05) is 0 Å². The van der Waals surface area contributed by atoms with Crippen LogP contribution in [0.3, 0.4) is 0 Å². The Bertz CT molecular complexity index is 1100. The number of carbonyl (C=O) groups is 1. The van der Waals surface area contributed by atoms with Crippen LogP contribution in [0.4, 0.5) is 13.2 Å². The third kappa shape index (κ3) is 3.05. The van der Waals surface area contributed by atoms with E-state index in [4.69, 9.17) is 9.31 Å². The van der Waals surface area contributed by atoms with Gasteiger partial charge in [0.2, 0.25) is 5.78 Å². The first-order valence-corrected chi connectivity index (χ1v) is 9.03. The van der Waals surface area contributed by atoms with Gasteiger partial charge in [0.15, 0.2) is 23.3 Å². The molecule has 2 aromatic heterocycles.